The first-order chi connectivity index (χ1) is 13.7. The van der Waals surface area contributed by atoms with E-state index < -0.39 is 0 Å². The van der Waals surface area contributed by atoms with E-state index in [4.69, 9.17) is 0 Å². The smallest absolute Gasteiger partial charge is 0.247 e. The van der Waals surface area contributed by atoms with Crippen LogP contribution in [0.15, 0.2) is 66.7 Å². The van der Waals surface area contributed by atoms with Gasteiger partial charge in [-0.15, -0.1) is 0 Å². The number of nitrogens with one attached hydrogen (secondary N) is 1. The van der Waals surface area contributed by atoms with Crippen LogP contribution in [0.25, 0.3) is 6.08 Å². The molecule has 1 saturated carbocycles. The first kappa shape index (κ1) is 19.9. The van der Waals surface area contributed by atoms with Crippen molar-refractivity contribution < 1.29 is 9.59 Å². The van der Waals surface area contributed by atoms with Gasteiger partial charge in [-0.25, -0.2) is 0 Å². The van der Waals surface area contributed by atoms with Gasteiger partial charge in [-0.2, -0.15) is 0 Å². The third kappa shape index (κ3) is 6.38. The van der Waals surface area contributed by atoms with E-state index in [2.05, 4.69) is 5.32 Å². The normalized spacial score (nSPS) is 14.7. The van der Waals surface area contributed by atoms with Crippen molar-refractivity contribution in [1.82, 2.24) is 10.2 Å². The van der Waals surface area contributed by atoms with Gasteiger partial charge in [0, 0.05) is 18.7 Å². The summed E-state index contributed by atoms with van der Waals surface area (Å²) in [6.45, 7) is 0.486. The van der Waals surface area contributed by atoms with Gasteiger partial charge < -0.3 is 10.2 Å². The number of carbonyl (C=O) groups excluding carboxylic acids is 2. The lowest BCUT2D eigenvalue weighted by Crippen LogP contribution is -2.44. The van der Waals surface area contributed by atoms with Crippen LogP contribution in [0.2, 0.25) is 0 Å². The average molecular weight is 377 g/mol. The topological polar surface area (TPSA) is 49.4 Å². The Bertz CT molecular complexity index is 781. The number of amides is 2. The lowest BCUT2D eigenvalue weighted by atomic mass is 9.95. The van der Waals surface area contributed by atoms with Crippen LogP contribution in [-0.2, 0) is 16.1 Å². The van der Waals surface area contributed by atoms with Gasteiger partial charge >= 0.3 is 0 Å². The summed E-state index contributed by atoms with van der Waals surface area (Å²) in [6, 6.07) is 19.7. The Morgan fingerprint density at radius 3 is 2.25 bits per heavy atom. The van der Waals surface area contributed by atoms with Crippen molar-refractivity contribution in [3.8, 4) is 0 Å². The van der Waals surface area contributed by atoms with Crippen molar-refractivity contribution in [3.63, 3.8) is 0 Å². The molecule has 2 aromatic rings. The summed E-state index contributed by atoms with van der Waals surface area (Å²) >= 11 is 0. The summed E-state index contributed by atoms with van der Waals surface area (Å²) in [5, 5.41) is 3.11. The van der Waals surface area contributed by atoms with Gasteiger partial charge in [0.15, 0.2) is 0 Å². The highest BCUT2D eigenvalue weighted by Crippen LogP contribution is 2.17. The van der Waals surface area contributed by atoms with E-state index in [-0.39, 0.29) is 24.4 Å². The zero-order valence-electron chi connectivity index (χ0n) is 16.2. The Hall–Kier alpha value is -2.88. The van der Waals surface area contributed by atoms with E-state index in [0.29, 0.717) is 6.54 Å². The molecule has 0 bridgehead atoms. The summed E-state index contributed by atoms with van der Waals surface area (Å²) < 4.78 is 0. The summed E-state index contributed by atoms with van der Waals surface area (Å²) in [6.07, 6.45) is 8.98. The lowest BCUT2D eigenvalue weighted by molar-refractivity contribution is -0.133. The predicted octanol–water partition coefficient (Wildman–Crippen LogP) is 4.18. The van der Waals surface area contributed by atoms with Crippen molar-refractivity contribution in [2.75, 3.05) is 6.54 Å². The maximum absolute atomic E-state index is 12.8. The third-order valence-electron chi connectivity index (χ3n) is 5.05. The second-order valence-electron chi connectivity index (χ2n) is 7.33. The standard InChI is InChI=1S/C24H28N2O2/c27-23(25-22-14-8-3-9-15-22)19-26(18-21-12-6-2-7-13-21)24(28)17-16-20-10-4-1-5-11-20/h1-2,4-7,10-13,16-17,22H,3,8-9,14-15,18-19H2,(H,25,27). The van der Waals surface area contributed by atoms with Gasteiger partial charge in [-0.1, -0.05) is 79.9 Å². The minimum Gasteiger partial charge on any atom is -0.352 e. The molecule has 146 valence electrons. The Labute approximate surface area is 167 Å². The molecule has 0 radical (unpaired) electrons. The Kier molecular flexibility index (Phi) is 7.42. The third-order valence-corrected chi connectivity index (χ3v) is 5.05. The van der Waals surface area contributed by atoms with Crippen LogP contribution in [0, 0.1) is 0 Å². The van der Waals surface area contributed by atoms with Crippen LogP contribution in [0.5, 0.6) is 0 Å². The SMILES string of the molecule is O=C(CN(Cc1ccccc1)C(=O)C=Cc1ccccc1)NC1CCCCC1. The summed E-state index contributed by atoms with van der Waals surface area (Å²) in [4.78, 5) is 27.0. The van der Waals surface area contributed by atoms with E-state index in [0.717, 1.165) is 36.8 Å². The van der Waals surface area contributed by atoms with Crippen LogP contribution >= 0.6 is 0 Å². The van der Waals surface area contributed by atoms with Crippen LogP contribution < -0.4 is 5.32 Å². The van der Waals surface area contributed by atoms with Gasteiger partial charge in [0.1, 0.15) is 6.54 Å². The fourth-order valence-corrected chi connectivity index (χ4v) is 3.55. The highest BCUT2D eigenvalue weighted by Gasteiger charge is 2.19. The molecular formula is C24H28N2O2. The molecule has 1 fully saturated rings. The molecule has 0 spiro atoms. The fraction of sp³-hybridized carbons (Fsp3) is 0.333. The van der Waals surface area contributed by atoms with E-state index in [1.165, 1.54) is 6.42 Å². The molecule has 0 heterocycles. The number of hydrogen-bond acceptors (Lipinski definition) is 2. The van der Waals surface area contributed by atoms with Crippen molar-refractivity contribution in [2.45, 2.75) is 44.7 Å². The molecule has 3 rings (SSSR count). The van der Waals surface area contributed by atoms with Crippen LogP contribution in [0.1, 0.15) is 43.2 Å². The van der Waals surface area contributed by atoms with Crippen LogP contribution in [-0.4, -0.2) is 29.3 Å². The first-order valence-electron chi connectivity index (χ1n) is 10.1. The number of carbonyl (C=O) groups is 2. The zero-order chi connectivity index (χ0) is 19.6. The molecule has 0 unspecified atom stereocenters. The van der Waals surface area contributed by atoms with Crippen molar-refractivity contribution in [2.24, 2.45) is 0 Å². The van der Waals surface area contributed by atoms with Gasteiger partial charge in [0.2, 0.25) is 11.8 Å². The molecule has 2 aromatic carbocycles. The molecular weight excluding hydrogens is 348 g/mol. The molecule has 28 heavy (non-hydrogen) atoms. The number of benzene rings is 2. The van der Waals surface area contributed by atoms with E-state index in [1.54, 1.807) is 17.1 Å². The number of nitrogens with zero attached hydrogens (tertiary/aromatic N) is 1. The Morgan fingerprint density at radius 2 is 1.57 bits per heavy atom. The zero-order valence-corrected chi connectivity index (χ0v) is 16.2. The average Bonchev–Trinajstić information content (AvgIpc) is 2.74. The van der Waals surface area contributed by atoms with Crippen molar-refractivity contribution in [1.29, 1.82) is 0 Å². The Morgan fingerprint density at radius 1 is 0.929 bits per heavy atom. The largest absolute Gasteiger partial charge is 0.352 e. The molecule has 4 nitrogen and oxygen atoms in total. The second kappa shape index (κ2) is 10.5. The molecule has 4 heteroatoms. The van der Waals surface area contributed by atoms with Crippen LogP contribution in [0.4, 0.5) is 0 Å². The molecule has 1 aliphatic carbocycles. The lowest BCUT2D eigenvalue weighted by Gasteiger charge is -2.25. The minimum absolute atomic E-state index is 0.0728. The van der Waals surface area contributed by atoms with E-state index in [1.807, 2.05) is 60.7 Å². The van der Waals surface area contributed by atoms with Gasteiger partial charge in [0.05, 0.1) is 0 Å². The fourth-order valence-electron chi connectivity index (χ4n) is 3.55. The molecule has 0 saturated heterocycles. The highest BCUT2D eigenvalue weighted by molar-refractivity contribution is 5.94. The number of rotatable bonds is 7. The monoisotopic (exact) mass is 376 g/mol. The van der Waals surface area contributed by atoms with Gasteiger partial charge in [-0.05, 0) is 30.0 Å². The van der Waals surface area contributed by atoms with Gasteiger partial charge in [0.25, 0.3) is 0 Å². The maximum Gasteiger partial charge on any atom is 0.247 e. The van der Waals surface area contributed by atoms with Gasteiger partial charge in [-0.3, -0.25) is 9.59 Å². The maximum atomic E-state index is 12.8. The van der Waals surface area contributed by atoms with Crippen LogP contribution in [0.3, 0.4) is 0 Å². The molecule has 1 aliphatic rings. The summed E-state index contributed by atoms with van der Waals surface area (Å²) in [5.41, 5.74) is 1.97. The minimum atomic E-state index is -0.161. The molecule has 0 aliphatic heterocycles. The molecule has 1 N–H and O–H groups in total. The molecule has 2 amide bonds. The quantitative estimate of drug-likeness (QED) is 0.737. The molecule has 0 atom stereocenters. The highest BCUT2D eigenvalue weighted by atomic mass is 16.2. The van der Waals surface area contributed by atoms with E-state index >= 15 is 0 Å². The number of hydrogen-bond donors (Lipinski definition) is 1. The summed E-state index contributed by atoms with van der Waals surface area (Å²) in [7, 11) is 0. The van der Waals surface area contributed by atoms with E-state index in [9.17, 15) is 9.59 Å². The Balaban J connectivity index is 1.66. The first-order valence-corrected chi connectivity index (χ1v) is 10.1. The predicted molar refractivity (Wildman–Crippen MR) is 112 cm³/mol. The second-order valence-corrected chi connectivity index (χ2v) is 7.33. The molecule has 0 aromatic heterocycles. The van der Waals surface area contributed by atoms with Crippen molar-refractivity contribution in [3.05, 3.63) is 77.9 Å². The van der Waals surface area contributed by atoms with Crippen molar-refractivity contribution >= 4 is 17.9 Å². The summed E-state index contributed by atoms with van der Waals surface area (Å²) in [5.74, 6) is -0.240.